The Labute approximate surface area is 206 Å². The quantitative estimate of drug-likeness (QED) is 0.0755. The van der Waals surface area contributed by atoms with Gasteiger partial charge < -0.3 is 48.5 Å². The van der Waals surface area contributed by atoms with Gasteiger partial charge >= 0.3 is 17.9 Å². The van der Waals surface area contributed by atoms with Crippen LogP contribution in [-0.4, -0.2) is 87.6 Å². The predicted octanol–water partition coefficient (Wildman–Crippen LogP) is -3.41. The summed E-state index contributed by atoms with van der Waals surface area (Å²) in [6, 6.07) is -5.84. The van der Waals surface area contributed by atoms with Gasteiger partial charge in [0.15, 0.2) is 0 Å². The van der Waals surface area contributed by atoms with Crippen molar-refractivity contribution in [2.75, 3.05) is 6.54 Å². The minimum absolute atomic E-state index is 0.261. The molecule has 16 heteroatoms. The zero-order valence-electron chi connectivity index (χ0n) is 19.6. The molecule has 4 unspecified atom stereocenters. The lowest BCUT2D eigenvalue weighted by Gasteiger charge is -2.24. The summed E-state index contributed by atoms with van der Waals surface area (Å²) in [6.07, 6.45) is -1.25. The number of nitrogens with one attached hydrogen (secondary N) is 3. The topological polar surface area (TPSA) is 294 Å². The minimum atomic E-state index is -1.85. The Morgan fingerprint density at radius 2 is 1.17 bits per heavy atom. The molecule has 0 aliphatic heterocycles. The third kappa shape index (κ3) is 13.8. The molecule has 0 aromatic heterocycles. The molecule has 0 aromatic carbocycles. The Morgan fingerprint density at radius 3 is 1.61 bits per heavy atom. The van der Waals surface area contributed by atoms with E-state index in [0.717, 1.165) is 0 Å². The Bertz CT molecular complexity index is 821. The van der Waals surface area contributed by atoms with Gasteiger partial charge in [-0.25, -0.2) is 4.79 Å². The van der Waals surface area contributed by atoms with Gasteiger partial charge in [-0.2, -0.15) is 0 Å². The molecule has 204 valence electrons. The number of hydrogen-bond acceptors (Lipinski definition) is 9. The van der Waals surface area contributed by atoms with E-state index in [-0.39, 0.29) is 19.3 Å². The first-order chi connectivity index (χ1) is 16.8. The van der Waals surface area contributed by atoms with E-state index in [0.29, 0.717) is 19.4 Å². The zero-order valence-corrected chi connectivity index (χ0v) is 19.6. The van der Waals surface area contributed by atoms with E-state index in [9.17, 15) is 33.6 Å². The summed E-state index contributed by atoms with van der Waals surface area (Å²) < 4.78 is 0. The van der Waals surface area contributed by atoms with Crippen molar-refractivity contribution < 1.29 is 48.9 Å². The molecule has 0 saturated carbocycles. The summed E-state index contributed by atoms with van der Waals surface area (Å²) in [7, 11) is 0. The third-order valence-electron chi connectivity index (χ3n) is 4.89. The highest BCUT2D eigenvalue weighted by atomic mass is 16.4. The molecule has 0 rings (SSSR count). The molecule has 0 radical (unpaired) electrons. The first kappa shape index (κ1) is 32.2. The van der Waals surface area contributed by atoms with Crippen molar-refractivity contribution in [2.45, 2.75) is 75.5 Å². The van der Waals surface area contributed by atoms with Gasteiger partial charge in [-0.1, -0.05) is 6.42 Å². The van der Waals surface area contributed by atoms with Crippen LogP contribution >= 0.6 is 0 Å². The maximum atomic E-state index is 12.9. The van der Waals surface area contributed by atoms with Gasteiger partial charge in [0.2, 0.25) is 23.6 Å². The van der Waals surface area contributed by atoms with Crippen LogP contribution < -0.4 is 33.2 Å². The van der Waals surface area contributed by atoms with Crippen molar-refractivity contribution in [1.82, 2.24) is 16.0 Å². The maximum absolute atomic E-state index is 12.9. The number of unbranched alkanes of at least 4 members (excludes halogenated alkanes) is 1. The van der Waals surface area contributed by atoms with Gasteiger partial charge in [0, 0.05) is 12.8 Å². The molecule has 16 nitrogen and oxygen atoms in total. The van der Waals surface area contributed by atoms with Gasteiger partial charge in [0.25, 0.3) is 0 Å². The number of nitrogens with two attached hydrogens (primary N) is 3. The fourth-order valence-electron chi connectivity index (χ4n) is 2.93. The van der Waals surface area contributed by atoms with Crippen LogP contribution in [0, 0.1) is 0 Å². The highest BCUT2D eigenvalue weighted by Crippen LogP contribution is 2.06. The second kappa shape index (κ2) is 16.8. The summed E-state index contributed by atoms with van der Waals surface area (Å²) in [5, 5.41) is 33.4. The molecule has 0 fully saturated rings. The van der Waals surface area contributed by atoms with E-state index in [1.807, 2.05) is 5.32 Å². The largest absolute Gasteiger partial charge is 0.481 e. The number of hydrogen-bond donors (Lipinski definition) is 9. The van der Waals surface area contributed by atoms with E-state index >= 15 is 0 Å². The van der Waals surface area contributed by atoms with Crippen molar-refractivity contribution in [3.8, 4) is 0 Å². The minimum Gasteiger partial charge on any atom is -0.481 e. The molecule has 0 aromatic rings. The first-order valence-electron chi connectivity index (χ1n) is 11.1. The lowest BCUT2D eigenvalue weighted by atomic mass is 10.0. The number of amides is 4. The van der Waals surface area contributed by atoms with Crippen molar-refractivity contribution in [2.24, 2.45) is 17.2 Å². The van der Waals surface area contributed by atoms with E-state index in [1.165, 1.54) is 0 Å². The third-order valence-corrected chi connectivity index (χ3v) is 4.89. The Morgan fingerprint density at radius 1 is 0.667 bits per heavy atom. The number of primary amides is 1. The van der Waals surface area contributed by atoms with E-state index in [4.69, 9.17) is 32.5 Å². The van der Waals surface area contributed by atoms with Crippen LogP contribution in [0.5, 0.6) is 0 Å². The lowest BCUT2D eigenvalue weighted by Crippen LogP contribution is -2.57. The Balaban J connectivity index is 5.59. The number of aliphatic carboxylic acids is 3. The second-order valence-electron chi connectivity index (χ2n) is 7.95. The lowest BCUT2D eigenvalue weighted by molar-refractivity contribution is -0.147. The molecule has 0 saturated heterocycles. The van der Waals surface area contributed by atoms with Crippen molar-refractivity contribution >= 4 is 41.5 Å². The maximum Gasteiger partial charge on any atom is 0.326 e. The van der Waals surface area contributed by atoms with Gasteiger partial charge in [0.05, 0.1) is 12.5 Å². The van der Waals surface area contributed by atoms with Gasteiger partial charge in [-0.15, -0.1) is 0 Å². The fraction of sp³-hybridized carbons (Fsp3) is 0.650. The predicted molar refractivity (Wildman–Crippen MR) is 122 cm³/mol. The first-order valence-corrected chi connectivity index (χ1v) is 11.1. The normalized spacial score (nSPS) is 13.9. The van der Waals surface area contributed by atoms with Crippen molar-refractivity contribution in [3.63, 3.8) is 0 Å². The number of carboxylic acids is 3. The molecule has 0 aliphatic carbocycles. The molecular formula is C20H34N6O10. The van der Waals surface area contributed by atoms with Gasteiger partial charge in [0.1, 0.15) is 18.1 Å². The van der Waals surface area contributed by atoms with Gasteiger partial charge in [-0.05, 0) is 32.2 Å². The van der Waals surface area contributed by atoms with Crippen molar-refractivity contribution in [1.29, 1.82) is 0 Å². The second-order valence-corrected chi connectivity index (χ2v) is 7.95. The molecule has 0 aliphatic rings. The zero-order chi connectivity index (χ0) is 27.8. The molecule has 0 spiro atoms. The Kier molecular flexibility index (Phi) is 15.0. The number of carbonyl (C=O) groups is 7. The van der Waals surface area contributed by atoms with Crippen molar-refractivity contribution in [3.05, 3.63) is 0 Å². The van der Waals surface area contributed by atoms with Crippen LogP contribution in [0.15, 0.2) is 0 Å². The molecule has 0 bridgehead atoms. The monoisotopic (exact) mass is 518 g/mol. The SMILES string of the molecule is NCCCCC(N)C(=O)NC(CCC(N)=O)C(=O)NC(CCC(=O)O)C(=O)NC(CC(=O)O)C(=O)O. The molecule has 36 heavy (non-hydrogen) atoms. The van der Waals surface area contributed by atoms with Crippen LogP contribution in [-0.2, 0) is 33.6 Å². The molecule has 4 amide bonds. The molecule has 0 heterocycles. The Hall–Kier alpha value is -3.79. The van der Waals surface area contributed by atoms with Crippen LogP contribution in [0.25, 0.3) is 0 Å². The van der Waals surface area contributed by atoms with Crippen LogP contribution in [0.1, 0.15) is 51.4 Å². The van der Waals surface area contributed by atoms with Gasteiger partial charge in [-0.3, -0.25) is 28.8 Å². The summed E-state index contributed by atoms with van der Waals surface area (Å²) in [5.41, 5.74) is 16.3. The standard InChI is InChI=1S/C20H34N6O10/c21-8-2-1-3-10(22)17(32)24-11(4-6-14(23)27)18(33)25-12(5-7-15(28)29)19(34)26-13(20(35)36)9-16(30)31/h10-13H,1-9,21-22H2,(H2,23,27)(H,24,32)(H,25,33)(H,26,34)(H,28,29)(H,30,31)(H,35,36). The smallest absolute Gasteiger partial charge is 0.326 e. The average molecular weight is 519 g/mol. The molecule has 12 N–H and O–H groups in total. The van der Waals surface area contributed by atoms with E-state index in [2.05, 4.69) is 10.6 Å². The average Bonchev–Trinajstić information content (AvgIpc) is 2.77. The number of carbonyl (C=O) groups excluding carboxylic acids is 4. The summed E-state index contributed by atoms with van der Waals surface area (Å²) >= 11 is 0. The van der Waals surface area contributed by atoms with E-state index < -0.39 is 85.0 Å². The van der Waals surface area contributed by atoms with Crippen LogP contribution in [0.4, 0.5) is 0 Å². The summed E-state index contributed by atoms with van der Waals surface area (Å²) in [6.45, 7) is 0.396. The van der Waals surface area contributed by atoms with Crippen LogP contribution in [0.3, 0.4) is 0 Å². The van der Waals surface area contributed by atoms with E-state index in [1.54, 1.807) is 0 Å². The summed E-state index contributed by atoms with van der Waals surface area (Å²) in [5.74, 6) is -8.17. The number of carboxylic acid groups (broad SMARTS) is 3. The summed E-state index contributed by atoms with van der Waals surface area (Å²) in [4.78, 5) is 82.2. The van der Waals surface area contributed by atoms with Crippen LogP contribution in [0.2, 0.25) is 0 Å². The molecular weight excluding hydrogens is 484 g/mol. The number of rotatable bonds is 19. The highest BCUT2D eigenvalue weighted by Gasteiger charge is 2.31. The fourth-order valence-corrected chi connectivity index (χ4v) is 2.93. The highest BCUT2D eigenvalue weighted by molar-refractivity contribution is 5.95. The molecule has 4 atom stereocenters.